The molecule has 0 atom stereocenters. The molecule has 3 nitrogen and oxygen atoms in total. The lowest BCUT2D eigenvalue weighted by Gasteiger charge is -2.29. The Bertz CT molecular complexity index is 736. The highest BCUT2D eigenvalue weighted by molar-refractivity contribution is 5.94. The largest absolute Gasteiger partial charge is 0.496 e. The molecule has 3 heteroatoms. The van der Waals surface area contributed by atoms with Crippen molar-refractivity contribution in [2.75, 3.05) is 13.7 Å². The van der Waals surface area contributed by atoms with Crippen LogP contribution in [0.1, 0.15) is 27.0 Å². The first-order valence-corrected chi connectivity index (χ1v) is 7.87. The lowest BCUT2D eigenvalue weighted by Crippen LogP contribution is -2.35. The van der Waals surface area contributed by atoms with Gasteiger partial charge in [-0.15, -0.1) is 6.58 Å². The van der Waals surface area contributed by atoms with Crippen molar-refractivity contribution >= 4 is 5.91 Å². The summed E-state index contributed by atoms with van der Waals surface area (Å²) < 4.78 is 5.35. The number of methoxy groups -OCH3 is 1. The lowest BCUT2D eigenvalue weighted by atomic mass is 9.99. The molecule has 1 amide bonds. The zero-order valence-electron chi connectivity index (χ0n) is 13.4. The molecule has 0 fully saturated rings. The molecule has 0 spiro atoms. The Morgan fingerprint density at radius 3 is 2.78 bits per heavy atom. The fraction of sp³-hybridized carbons (Fsp3) is 0.250. The van der Waals surface area contributed by atoms with Crippen molar-refractivity contribution < 1.29 is 9.53 Å². The molecule has 0 saturated carbocycles. The Labute approximate surface area is 137 Å². The van der Waals surface area contributed by atoms with Crippen LogP contribution >= 0.6 is 0 Å². The fourth-order valence-electron chi connectivity index (χ4n) is 3.08. The summed E-state index contributed by atoms with van der Waals surface area (Å²) >= 11 is 0. The van der Waals surface area contributed by atoms with Gasteiger partial charge < -0.3 is 9.64 Å². The lowest BCUT2D eigenvalue weighted by molar-refractivity contribution is 0.0734. The van der Waals surface area contributed by atoms with E-state index in [1.165, 1.54) is 11.1 Å². The third-order valence-electron chi connectivity index (χ3n) is 4.31. The highest BCUT2D eigenvalue weighted by Crippen LogP contribution is 2.24. The van der Waals surface area contributed by atoms with Crippen molar-refractivity contribution in [2.24, 2.45) is 0 Å². The number of allylic oxidation sites excluding steroid dienone is 1. The summed E-state index contributed by atoms with van der Waals surface area (Å²) in [5, 5.41) is 0. The predicted octanol–water partition coefficient (Wildman–Crippen LogP) is 3.62. The van der Waals surface area contributed by atoms with Gasteiger partial charge in [-0.3, -0.25) is 4.79 Å². The number of hydrogen-bond donors (Lipinski definition) is 0. The number of ether oxygens (including phenoxy) is 1. The number of nitrogens with zero attached hydrogens (tertiary/aromatic N) is 1. The summed E-state index contributed by atoms with van der Waals surface area (Å²) in [5.74, 6) is 0.873. The van der Waals surface area contributed by atoms with Crippen LogP contribution in [0.4, 0.5) is 0 Å². The highest BCUT2D eigenvalue weighted by Gasteiger charge is 2.22. The first-order valence-electron chi connectivity index (χ1n) is 7.87. The zero-order chi connectivity index (χ0) is 16.2. The number of carbonyl (C=O) groups excluding carboxylic acids is 1. The van der Waals surface area contributed by atoms with Crippen molar-refractivity contribution in [3.05, 3.63) is 77.4 Å². The van der Waals surface area contributed by atoms with E-state index in [2.05, 4.69) is 24.8 Å². The Kier molecular flexibility index (Phi) is 4.47. The quantitative estimate of drug-likeness (QED) is 0.807. The highest BCUT2D eigenvalue weighted by atomic mass is 16.5. The van der Waals surface area contributed by atoms with Gasteiger partial charge in [-0.1, -0.05) is 30.3 Å². The van der Waals surface area contributed by atoms with E-state index in [4.69, 9.17) is 4.74 Å². The van der Waals surface area contributed by atoms with Gasteiger partial charge in [0.2, 0.25) is 0 Å². The van der Waals surface area contributed by atoms with E-state index in [9.17, 15) is 4.79 Å². The van der Waals surface area contributed by atoms with Gasteiger partial charge in [0.05, 0.1) is 7.11 Å². The van der Waals surface area contributed by atoms with E-state index in [1.807, 2.05) is 35.2 Å². The molecule has 23 heavy (non-hydrogen) atoms. The molecule has 2 aromatic carbocycles. The average molecular weight is 307 g/mol. The molecule has 3 rings (SSSR count). The van der Waals surface area contributed by atoms with Crippen molar-refractivity contribution in [2.45, 2.75) is 19.4 Å². The maximum absolute atomic E-state index is 12.8. The number of hydrogen-bond acceptors (Lipinski definition) is 2. The molecular weight excluding hydrogens is 286 g/mol. The first-order chi connectivity index (χ1) is 11.2. The first kappa shape index (κ1) is 15.3. The summed E-state index contributed by atoms with van der Waals surface area (Å²) in [5.41, 5.74) is 4.29. The van der Waals surface area contributed by atoms with Crippen molar-refractivity contribution in [1.29, 1.82) is 0 Å². The van der Waals surface area contributed by atoms with Crippen molar-refractivity contribution in [3.63, 3.8) is 0 Å². The minimum Gasteiger partial charge on any atom is -0.496 e. The van der Waals surface area contributed by atoms with Gasteiger partial charge in [-0.25, -0.2) is 0 Å². The zero-order valence-corrected chi connectivity index (χ0v) is 13.4. The molecule has 0 unspecified atom stereocenters. The molecule has 0 N–H and O–H groups in total. The molecule has 1 aliphatic rings. The van der Waals surface area contributed by atoms with Gasteiger partial charge >= 0.3 is 0 Å². The maximum Gasteiger partial charge on any atom is 0.254 e. The van der Waals surface area contributed by atoms with E-state index in [-0.39, 0.29) is 5.91 Å². The second kappa shape index (κ2) is 6.69. The third kappa shape index (κ3) is 3.14. The van der Waals surface area contributed by atoms with E-state index >= 15 is 0 Å². The van der Waals surface area contributed by atoms with Crippen LogP contribution in [0.2, 0.25) is 0 Å². The summed E-state index contributed by atoms with van der Waals surface area (Å²) in [6, 6.07) is 14.0. The molecular formula is C20H21NO2. The molecule has 1 heterocycles. The number of rotatable bonds is 4. The van der Waals surface area contributed by atoms with Gasteiger partial charge in [0.1, 0.15) is 5.75 Å². The topological polar surface area (TPSA) is 29.5 Å². The Morgan fingerprint density at radius 1 is 1.26 bits per heavy atom. The third-order valence-corrected chi connectivity index (χ3v) is 4.31. The molecule has 0 aliphatic carbocycles. The number of amides is 1. The Balaban J connectivity index is 1.84. The van der Waals surface area contributed by atoms with Crippen LogP contribution in [0, 0.1) is 0 Å². The molecule has 2 aromatic rings. The summed E-state index contributed by atoms with van der Waals surface area (Å²) in [6.45, 7) is 5.21. The van der Waals surface area contributed by atoms with Gasteiger partial charge in [0, 0.05) is 18.7 Å². The van der Waals surface area contributed by atoms with Crippen molar-refractivity contribution in [1.82, 2.24) is 4.90 Å². The smallest absolute Gasteiger partial charge is 0.254 e. The van der Waals surface area contributed by atoms with E-state index in [1.54, 1.807) is 7.11 Å². The minimum atomic E-state index is 0.0764. The van der Waals surface area contributed by atoms with Gasteiger partial charge in [0.25, 0.3) is 5.91 Å². The monoisotopic (exact) mass is 307 g/mol. The fourth-order valence-corrected chi connectivity index (χ4v) is 3.08. The van der Waals surface area contributed by atoms with Crippen LogP contribution in [0.5, 0.6) is 5.75 Å². The minimum absolute atomic E-state index is 0.0764. The normalized spacial score (nSPS) is 13.3. The van der Waals surface area contributed by atoms with Gasteiger partial charge in [0.15, 0.2) is 0 Å². The van der Waals surface area contributed by atoms with Crippen LogP contribution in [0.25, 0.3) is 0 Å². The van der Waals surface area contributed by atoms with Crippen molar-refractivity contribution in [3.8, 4) is 5.75 Å². The van der Waals surface area contributed by atoms with Crippen LogP contribution in [-0.4, -0.2) is 24.5 Å². The van der Waals surface area contributed by atoms with E-state index in [0.717, 1.165) is 24.3 Å². The van der Waals surface area contributed by atoms with Gasteiger partial charge in [-0.05, 0) is 47.7 Å². The second-order valence-corrected chi connectivity index (χ2v) is 5.76. The Hall–Kier alpha value is -2.55. The number of benzene rings is 2. The van der Waals surface area contributed by atoms with E-state index < -0.39 is 0 Å². The predicted molar refractivity (Wildman–Crippen MR) is 91.8 cm³/mol. The maximum atomic E-state index is 12.8. The van der Waals surface area contributed by atoms with Crippen LogP contribution in [-0.2, 0) is 19.4 Å². The SMILES string of the molecule is C=CCc1cc(C(=O)N2CCc3ccccc3C2)ccc1OC. The average Bonchev–Trinajstić information content (AvgIpc) is 2.61. The molecule has 0 radical (unpaired) electrons. The van der Waals surface area contributed by atoms with E-state index in [0.29, 0.717) is 18.5 Å². The molecule has 0 aromatic heterocycles. The summed E-state index contributed by atoms with van der Waals surface area (Å²) in [6.07, 6.45) is 3.42. The summed E-state index contributed by atoms with van der Waals surface area (Å²) in [7, 11) is 1.64. The standard InChI is InChI=1S/C20H21NO2/c1-3-6-16-13-17(9-10-19(16)23-2)20(22)21-12-11-15-7-4-5-8-18(15)14-21/h3-5,7-10,13H,1,6,11-12,14H2,2H3. The van der Waals surface area contributed by atoms with Gasteiger partial charge in [-0.2, -0.15) is 0 Å². The van der Waals surface area contributed by atoms with Crippen LogP contribution in [0.3, 0.4) is 0 Å². The molecule has 0 bridgehead atoms. The molecule has 0 saturated heterocycles. The molecule has 1 aliphatic heterocycles. The Morgan fingerprint density at radius 2 is 2.04 bits per heavy atom. The second-order valence-electron chi connectivity index (χ2n) is 5.76. The molecule has 118 valence electrons. The van der Waals surface area contributed by atoms with Crippen LogP contribution in [0.15, 0.2) is 55.1 Å². The van der Waals surface area contributed by atoms with Crippen LogP contribution < -0.4 is 4.74 Å². The number of fused-ring (bicyclic) bond motifs is 1. The number of carbonyl (C=O) groups is 1. The summed E-state index contributed by atoms with van der Waals surface area (Å²) in [4.78, 5) is 14.7.